The van der Waals surface area contributed by atoms with E-state index in [1.807, 2.05) is 24.3 Å². The molecular weight excluding hydrogens is 413 g/mol. The smallest absolute Gasteiger partial charge is 0.361 e. The Bertz CT molecular complexity index is 1170. The molecule has 0 spiro atoms. The van der Waals surface area contributed by atoms with Crippen LogP contribution in [-0.4, -0.2) is 40.3 Å². The zero-order valence-corrected chi connectivity index (χ0v) is 16.0. The number of para-hydroxylation sites is 2. The normalized spacial score (nSPS) is 16.6. The molecule has 1 aliphatic heterocycles. The molecule has 1 saturated heterocycles. The van der Waals surface area contributed by atoms with E-state index < -0.39 is 47.9 Å². The fourth-order valence-corrected chi connectivity index (χ4v) is 3.56. The predicted molar refractivity (Wildman–Crippen MR) is 106 cm³/mol. The number of aromatic nitrogens is 1. The van der Waals surface area contributed by atoms with Crippen LogP contribution in [0.15, 0.2) is 54.7 Å². The third-order valence-corrected chi connectivity index (χ3v) is 5.01. The standard InChI is InChI=1S/C21H17F3N4O3/c22-21(23,24)14-6-2-4-8-16(14)26-18(29)11-28-19(30)17(27-20(28)31)9-12-10-25-15-7-3-1-5-13(12)15/h1-8,10,17,25H,9,11H2,(H,26,29)(H,27,31)/t17-/m0/s1. The summed E-state index contributed by atoms with van der Waals surface area (Å²) in [6.45, 7) is -0.693. The number of urea groups is 1. The van der Waals surface area contributed by atoms with E-state index in [9.17, 15) is 27.6 Å². The molecule has 3 aromatic rings. The van der Waals surface area contributed by atoms with Crippen molar-refractivity contribution in [1.82, 2.24) is 15.2 Å². The first kappa shape index (κ1) is 20.5. The van der Waals surface area contributed by atoms with Gasteiger partial charge in [0, 0.05) is 23.5 Å². The quantitative estimate of drug-likeness (QED) is 0.542. The molecule has 0 radical (unpaired) electrons. The van der Waals surface area contributed by atoms with Gasteiger partial charge < -0.3 is 15.6 Å². The van der Waals surface area contributed by atoms with E-state index in [4.69, 9.17) is 0 Å². The van der Waals surface area contributed by atoms with Crippen molar-refractivity contribution in [2.75, 3.05) is 11.9 Å². The largest absolute Gasteiger partial charge is 0.418 e. The lowest BCUT2D eigenvalue weighted by Crippen LogP contribution is -2.38. The molecule has 7 nitrogen and oxygen atoms in total. The number of amides is 4. The fraction of sp³-hybridized carbons (Fsp3) is 0.190. The average Bonchev–Trinajstić information content (AvgIpc) is 3.24. The SMILES string of the molecule is O=C(CN1C(=O)N[C@@H](Cc2c[nH]c3ccccc23)C1=O)Nc1ccccc1C(F)(F)F. The Kier molecular flexibility index (Phi) is 5.14. The number of hydrogen-bond donors (Lipinski definition) is 3. The maximum Gasteiger partial charge on any atom is 0.418 e. The van der Waals surface area contributed by atoms with Gasteiger partial charge in [-0.15, -0.1) is 0 Å². The summed E-state index contributed by atoms with van der Waals surface area (Å²) in [7, 11) is 0. The van der Waals surface area contributed by atoms with Crippen molar-refractivity contribution in [2.24, 2.45) is 0 Å². The molecule has 10 heteroatoms. The Morgan fingerprint density at radius 3 is 2.55 bits per heavy atom. The number of nitrogens with zero attached hydrogens (tertiary/aromatic N) is 1. The van der Waals surface area contributed by atoms with Crippen LogP contribution in [0.2, 0.25) is 0 Å². The van der Waals surface area contributed by atoms with Crippen molar-refractivity contribution < 1.29 is 27.6 Å². The number of nitrogens with one attached hydrogen (secondary N) is 3. The first-order valence-electron chi connectivity index (χ1n) is 9.37. The molecule has 0 bridgehead atoms. The number of imide groups is 1. The van der Waals surface area contributed by atoms with E-state index in [0.717, 1.165) is 28.6 Å². The number of H-pyrrole nitrogens is 1. The Labute approximate surface area is 174 Å². The van der Waals surface area contributed by atoms with E-state index in [1.165, 1.54) is 12.1 Å². The highest BCUT2D eigenvalue weighted by Gasteiger charge is 2.39. The Morgan fingerprint density at radius 2 is 1.77 bits per heavy atom. The second kappa shape index (κ2) is 7.78. The van der Waals surface area contributed by atoms with Crippen LogP contribution in [0, 0.1) is 0 Å². The molecule has 1 aliphatic rings. The highest BCUT2D eigenvalue weighted by molar-refractivity contribution is 6.08. The van der Waals surface area contributed by atoms with Crippen LogP contribution >= 0.6 is 0 Å². The molecule has 1 atom stereocenters. The van der Waals surface area contributed by atoms with Crippen molar-refractivity contribution in [3.05, 3.63) is 65.9 Å². The molecule has 2 aromatic carbocycles. The van der Waals surface area contributed by atoms with E-state index >= 15 is 0 Å². The highest BCUT2D eigenvalue weighted by atomic mass is 19.4. The van der Waals surface area contributed by atoms with Gasteiger partial charge in [-0.05, 0) is 23.8 Å². The van der Waals surface area contributed by atoms with Gasteiger partial charge in [-0.2, -0.15) is 13.2 Å². The Morgan fingerprint density at radius 1 is 1.06 bits per heavy atom. The van der Waals surface area contributed by atoms with Crippen LogP contribution in [0.4, 0.5) is 23.7 Å². The number of rotatable bonds is 5. The van der Waals surface area contributed by atoms with Crippen molar-refractivity contribution in [3.8, 4) is 0 Å². The monoisotopic (exact) mass is 430 g/mol. The van der Waals surface area contributed by atoms with Gasteiger partial charge in [-0.1, -0.05) is 30.3 Å². The fourth-order valence-electron chi connectivity index (χ4n) is 3.56. The van der Waals surface area contributed by atoms with Crippen LogP contribution in [-0.2, 0) is 22.2 Å². The number of carbonyl (C=O) groups excluding carboxylic acids is 3. The van der Waals surface area contributed by atoms with Gasteiger partial charge in [0.15, 0.2) is 0 Å². The molecule has 0 saturated carbocycles. The number of hydrogen-bond acceptors (Lipinski definition) is 3. The molecule has 160 valence electrons. The van der Waals surface area contributed by atoms with Crippen LogP contribution in [0.25, 0.3) is 10.9 Å². The molecule has 0 aliphatic carbocycles. The second-order valence-corrected chi connectivity index (χ2v) is 7.08. The summed E-state index contributed by atoms with van der Waals surface area (Å²) < 4.78 is 39.3. The zero-order chi connectivity index (χ0) is 22.2. The van der Waals surface area contributed by atoms with Crippen LogP contribution < -0.4 is 10.6 Å². The summed E-state index contributed by atoms with van der Waals surface area (Å²) in [6, 6.07) is 10.3. The lowest BCUT2D eigenvalue weighted by atomic mass is 10.1. The molecule has 4 rings (SSSR count). The highest BCUT2D eigenvalue weighted by Crippen LogP contribution is 2.34. The number of benzene rings is 2. The summed E-state index contributed by atoms with van der Waals surface area (Å²) in [5.41, 5.74) is 0.244. The van der Waals surface area contributed by atoms with E-state index in [0.29, 0.717) is 4.90 Å². The van der Waals surface area contributed by atoms with Crippen LogP contribution in [0.1, 0.15) is 11.1 Å². The molecule has 0 unspecified atom stereocenters. The molecule has 1 fully saturated rings. The predicted octanol–water partition coefficient (Wildman–Crippen LogP) is 3.29. The van der Waals surface area contributed by atoms with Gasteiger partial charge in [0.25, 0.3) is 5.91 Å². The third kappa shape index (κ3) is 4.09. The number of aromatic amines is 1. The number of anilines is 1. The lowest BCUT2D eigenvalue weighted by molar-refractivity contribution is -0.137. The Hall–Kier alpha value is -3.82. The van der Waals surface area contributed by atoms with Gasteiger partial charge in [0.1, 0.15) is 12.6 Å². The topological polar surface area (TPSA) is 94.3 Å². The average molecular weight is 430 g/mol. The summed E-state index contributed by atoms with van der Waals surface area (Å²) in [5.74, 6) is -1.53. The molecule has 4 amide bonds. The summed E-state index contributed by atoms with van der Waals surface area (Å²) in [6.07, 6.45) is -2.70. The summed E-state index contributed by atoms with van der Waals surface area (Å²) in [5, 5.41) is 5.56. The lowest BCUT2D eigenvalue weighted by Gasteiger charge is -2.16. The van der Waals surface area contributed by atoms with Crippen molar-refractivity contribution in [3.63, 3.8) is 0 Å². The van der Waals surface area contributed by atoms with Crippen molar-refractivity contribution >= 4 is 34.4 Å². The van der Waals surface area contributed by atoms with Gasteiger partial charge >= 0.3 is 12.2 Å². The summed E-state index contributed by atoms with van der Waals surface area (Å²) in [4.78, 5) is 41.0. The molecule has 31 heavy (non-hydrogen) atoms. The molecule has 1 aromatic heterocycles. The molecule has 2 heterocycles. The van der Waals surface area contributed by atoms with Gasteiger partial charge in [-0.25, -0.2) is 4.79 Å². The first-order valence-corrected chi connectivity index (χ1v) is 9.37. The van der Waals surface area contributed by atoms with E-state index in [1.54, 1.807) is 6.20 Å². The van der Waals surface area contributed by atoms with Gasteiger partial charge in [0.2, 0.25) is 5.91 Å². The Balaban J connectivity index is 1.44. The number of fused-ring (bicyclic) bond motifs is 1. The van der Waals surface area contributed by atoms with E-state index in [-0.39, 0.29) is 6.42 Å². The number of carbonyl (C=O) groups is 3. The zero-order valence-electron chi connectivity index (χ0n) is 16.0. The second-order valence-electron chi connectivity index (χ2n) is 7.08. The van der Waals surface area contributed by atoms with Crippen molar-refractivity contribution in [2.45, 2.75) is 18.6 Å². The minimum Gasteiger partial charge on any atom is -0.361 e. The summed E-state index contributed by atoms with van der Waals surface area (Å²) >= 11 is 0. The van der Waals surface area contributed by atoms with Crippen molar-refractivity contribution in [1.29, 1.82) is 0 Å². The third-order valence-electron chi connectivity index (χ3n) is 5.01. The molecule has 3 N–H and O–H groups in total. The minimum atomic E-state index is -4.66. The van der Waals surface area contributed by atoms with Crippen LogP contribution in [0.5, 0.6) is 0 Å². The first-order chi connectivity index (χ1) is 14.7. The number of alkyl halides is 3. The van der Waals surface area contributed by atoms with E-state index in [2.05, 4.69) is 15.6 Å². The van der Waals surface area contributed by atoms with Gasteiger partial charge in [0.05, 0.1) is 11.3 Å². The maximum atomic E-state index is 13.1. The number of halogens is 3. The van der Waals surface area contributed by atoms with Crippen LogP contribution in [0.3, 0.4) is 0 Å². The molecular formula is C21H17F3N4O3. The van der Waals surface area contributed by atoms with Gasteiger partial charge in [-0.3, -0.25) is 14.5 Å². The minimum absolute atomic E-state index is 0.212. The maximum absolute atomic E-state index is 13.1.